The molecular weight excluding hydrogens is 228 g/mol. The van der Waals surface area contributed by atoms with E-state index in [1.807, 2.05) is 31.2 Å². The second-order valence-electron chi connectivity index (χ2n) is 4.00. The van der Waals surface area contributed by atoms with Gasteiger partial charge >= 0.3 is 6.03 Å². The first-order valence-corrected chi connectivity index (χ1v) is 5.57. The molecule has 0 unspecified atom stereocenters. The van der Waals surface area contributed by atoms with E-state index in [9.17, 15) is 9.90 Å². The Balaban J connectivity index is 1.98. The molecule has 0 aliphatic carbocycles. The van der Waals surface area contributed by atoms with Crippen molar-refractivity contribution < 1.29 is 9.90 Å². The molecule has 0 saturated heterocycles. The van der Waals surface area contributed by atoms with Crippen LogP contribution >= 0.6 is 0 Å². The maximum absolute atomic E-state index is 11.7. The second kappa shape index (κ2) is 5.23. The smallest absolute Gasteiger partial charge is 0.323 e. The highest BCUT2D eigenvalue weighted by Gasteiger charge is 2.02. The van der Waals surface area contributed by atoms with Gasteiger partial charge in [-0.15, -0.1) is 0 Å². The molecule has 4 heteroatoms. The summed E-state index contributed by atoms with van der Waals surface area (Å²) in [5.74, 6) is 0.114. The summed E-state index contributed by atoms with van der Waals surface area (Å²) in [7, 11) is 0. The molecule has 0 fully saturated rings. The summed E-state index contributed by atoms with van der Waals surface area (Å²) in [5.41, 5.74) is 2.40. The molecule has 0 heterocycles. The largest absolute Gasteiger partial charge is 0.508 e. The van der Waals surface area contributed by atoms with E-state index in [2.05, 4.69) is 10.6 Å². The third kappa shape index (κ3) is 3.25. The first kappa shape index (κ1) is 12.0. The average Bonchev–Trinajstić information content (AvgIpc) is 2.32. The molecule has 2 amide bonds. The molecule has 0 radical (unpaired) electrons. The number of urea groups is 1. The van der Waals surface area contributed by atoms with Gasteiger partial charge in [0.05, 0.1) is 0 Å². The van der Waals surface area contributed by atoms with Crippen LogP contribution in [0.15, 0.2) is 48.5 Å². The summed E-state index contributed by atoms with van der Waals surface area (Å²) < 4.78 is 0. The molecule has 0 spiro atoms. The van der Waals surface area contributed by atoms with Crippen LogP contribution in [0.1, 0.15) is 5.56 Å². The Bertz CT molecular complexity index is 550. The Kier molecular flexibility index (Phi) is 3.48. The van der Waals surface area contributed by atoms with Crippen molar-refractivity contribution in [3.8, 4) is 5.75 Å². The Morgan fingerprint density at radius 3 is 2.33 bits per heavy atom. The lowest BCUT2D eigenvalue weighted by molar-refractivity contribution is 0.262. The average molecular weight is 242 g/mol. The van der Waals surface area contributed by atoms with Gasteiger partial charge in [-0.1, -0.05) is 23.8 Å². The number of aromatic hydroxyl groups is 1. The van der Waals surface area contributed by atoms with E-state index >= 15 is 0 Å². The van der Waals surface area contributed by atoms with Crippen molar-refractivity contribution in [3.63, 3.8) is 0 Å². The standard InChI is InChI=1S/C14H14N2O2/c1-10-5-7-11(8-6-10)15-14(18)16-12-3-2-4-13(17)9-12/h2-9,17H,1H3,(H2,15,16,18). The van der Waals surface area contributed by atoms with E-state index < -0.39 is 0 Å². The number of carbonyl (C=O) groups excluding carboxylic acids is 1. The fourth-order valence-corrected chi connectivity index (χ4v) is 1.51. The zero-order valence-electron chi connectivity index (χ0n) is 9.97. The topological polar surface area (TPSA) is 61.4 Å². The van der Waals surface area contributed by atoms with Gasteiger partial charge in [0.2, 0.25) is 0 Å². The molecule has 2 rings (SSSR count). The number of benzene rings is 2. The lowest BCUT2D eigenvalue weighted by atomic mass is 10.2. The number of hydrogen-bond acceptors (Lipinski definition) is 2. The number of amides is 2. The zero-order chi connectivity index (χ0) is 13.0. The second-order valence-corrected chi connectivity index (χ2v) is 4.00. The zero-order valence-corrected chi connectivity index (χ0v) is 9.97. The molecule has 0 saturated carbocycles. The van der Waals surface area contributed by atoms with Gasteiger partial charge in [0.25, 0.3) is 0 Å². The van der Waals surface area contributed by atoms with Crippen molar-refractivity contribution in [2.75, 3.05) is 10.6 Å². The van der Waals surface area contributed by atoms with E-state index in [1.54, 1.807) is 18.2 Å². The van der Waals surface area contributed by atoms with Gasteiger partial charge in [-0.3, -0.25) is 0 Å². The summed E-state index contributed by atoms with van der Waals surface area (Å²) in [5, 5.41) is 14.6. The first-order valence-electron chi connectivity index (χ1n) is 5.57. The van der Waals surface area contributed by atoms with Crippen LogP contribution < -0.4 is 10.6 Å². The number of rotatable bonds is 2. The summed E-state index contributed by atoms with van der Waals surface area (Å²) >= 11 is 0. The van der Waals surface area contributed by atoms with Crippen molar-refractivity contribution in [3.05, 3.63) is 54.1 Å². The maximum atomic E-state index is 11.7. The molecule has 0 bridgehead atoms. The minimum atomic E-state index is -0.343. The molecule has 0 aromatic heterocycles. The number of hydrogen-bond donors (Lipinski definition) is 3. The SMILES string of the molecule is Cc1ccc(NC(=O)Nc2cccc(O)c2)cc1. The molecule has 2 aromatic rings. The van der Waals surface area contributed by atoms with Crippen LogP contribution in [0.2, 0.25) is 0 Å². The minimum Gasteiger partial charge on any atom is -0.508 e. The Hall–Kier alpha value is -2.49. The first-order chi connectivity index (χ1) is 8.63. The Morgan fingerprint density at radius 2 is 1.67 bits per heavy atom. The fraction of sp³-hybridized carbons (Fsp3) is 0.0714. The quantitative estimate of drug-likeness (QED) is 0.756. The number of nitrogens with one attached hydrogen (secondary N) is 2. The molecule has 0 aliphatic heterocycles. The van der Waals surface area contributed by atoms with Gasteiger partial charge < -0.3 is 15.7 Å². The monoisotopic (exact) mass is 242 g/mol. The lowest BCUT2D eigenvalue weighted by Crippen LogP contribution is -2.19. The highest BCUT2D eigenvalue weighted by Crippen LogP contribution is 2.16. The third-order valence-corrected chi connectivity index (χ3v) is 2.41. The molecular formula is C14H14N2O2. The molecule has 92 valence electrons. The number of carbonyl (C=O) groups is 1. The van der Waals surface area contributed by atoms with E-state index in [4.69, 9.17) is 0 Å². The van der Waals surface area contributed by atoms with Crippen LogP contribution in [0.3, 0.4) is 0 Å². The fourth-order valence-electron chi connectivity index (χ4n) is 1.51. The summed E-state index contributed by atoms with van der Waals surface area (Å²) in [6.07, 6.45) is 0. The Labute approximate surface area is 105 Å². The van der Waals surface area contributed by atoms with Gasteiger partial charge in [0.1, 0.15) is 5.75 Å². The normalized spacial score (nSPS) is 9.83. The predicted molar refractivity (Wildman–Crippen MR) is 71.9 cm³/mol. The summed E-state index contributed by atoms with van der Waals surface area (Å²) in [4.78, 5) is 11.7. The number of anilines is 2. The van der Waals surface area contributed by atoms with Crippen molar-refractivity contribution >= 4 is 17.4 Å². The number of aryl methyl sites for hydroxylation is 1. The number of phenols is 1. The highest BCUT2D eigenvalue weighted by atomic mass is 16.3. The summed E-state index contributed by atoms with van der Waals surface area (Å²) in [6, 6.07) is 13.6. The van der Waals surface area contributed by atoms with Crippen LogP contribution in [0.5, 0.6) is 5.75 Å². The lowest BCUT2D eigenvalue weighted by Gasteiger charge is -2.08. The molecule has 2 aromatic carbocycles. The molecule has 0 atom stereocenters. The molecule has 18 heavy (non-hydrogen) atoms. The minimum absolute atomic E-state index is 0.114. The summed E-state index contributed by atoms with van der Waals surface area (Å²) in [6.45, 7) is 1.98. The van der Waals surface area contributed by atoms with Gasteiger partial charge in [0.15, 0.2) is 0 Å². The van der Waals surface area contributed by atoms with Gasteiger partial charge in [-0.05, 0) is 31.2 Å². The van der Waals surface area contributed by atoms with Gasteiger partial charge in [-0.25, -0.2) is 4.79 Å². The van der Waals surface area contributed by atoms with Crippen molar-refractivity contribution in [2.45, 2.75) is 6.92 Å². The Morgan fingerprint density at radius 1 is 1.00 bits per heavy atom. The molecule has 3 N–H and O–H groups in total. The molecule has 4 nitrogen and oxygen atoms in total. The van der Waals surface area contributed by atoms with Crippen LogP contribution in [-0.4, -0.2) is 11.1 Å². The van der Waals surface area contributed by atoms with E-state index in [0.29, 0.717) is 5.69 Å². The van der Waals surface area contributed by atoms with Crippen LogP contribution in [0.4, 0.5) is 16.2 Å². The van der Waals surface area contributed by atoms with Gasteiger partial charge in [-0.2, -0.15) is 0 Å². The van der Waals surface area contributed by atoms with E-state index in [1.165, 1.54) is 6.07 Å². The molecule has 0 aliphatic rings. The number of phenolic OH excluding ortho intramolecular Hbond substituents is 1. The van der Waals surface area contributed by atoms with E-state index in [-0.39, 0.29) is 11.8 Å². The van der Waals surface area contributed by atoms with Crippen LogP contribution in [0.25, 0.3) is 0 Å². The highest BCUT2D eigenvalue weighted by molar-refractivity contribution is 5.99. The van der Waals surface area contributed by atoms with E-state index in [0.717, 1.165) is 11.3 Å². The third-order valence-electron chi connectivity index (χ3n) is 2.41. The maximum Gasteiger partial charge on any atom is 0.323 e. The van der Waals surface area contributed by atoms with Crippen molar-refractivity contribution in [2.24, 2.45) is 0 Å². The van der Waals surface area contributed by atoms with Gasteiger partial charge in [0, 0.05) is 17.4 Å². The van der Waals surface area contributed by atoms with Crippen molar-refractivity contribution in [1.29, 1.82) is 0 Å². The van der Waals surface area contributed by atoms with Crippen LogP contribution in [-0.2, 0) is 0 Å². The van der Waals surface area contributed by atoms with Crippen LogP contribution in [0, 0.1) is 6.92 Å². The van der Waals surface area contributed by atoms with Crippen molar-refractivity contribution in [1.82, 2.24) is 0 Å². The predicted octanol–water partition coefficient (Wildman–Crippen LogP) is 3.34.